The van der Waals surface area contributed by atoms with Crippen molar-refractivity contribution in [2.24, 2.45) is 0 Å². The van der Waals surface area contributed by atoms with Crippen LogP contribution in [0.2, 0.25) is 0 Å². The Morgan fingerprint density at radius 1 is 1.02 bits per heavy atom. The van der Waals surface area contributed by atoms with Gasteiger partial charge in [0.05, 0.1) is 6.04 Å². The molecule has 0 saturated carbocycles. The number of likely N-dealkylation sites (N-methyl/N-ethyl adjacent to an activating group) is 1. The number of aromatic nitrogens is 2. The molecule has 0 aliphatic carbocycles. The lowest BCUT2D eigenvalue weighted by molar-refractivity contribution is -0.143. The minimum absolute atomic E-state index is 0.0133. The van der Waals surface area contributed by atoms with Crippen LogP contribution >= 0.6 is 0 Å². The molecule has 42 heavy (non-hydrogen) atoms. The largest absolute Gasteiger partial charge is 0.481 e. The van der Waals surface area contributed by atoms with Gasteiger partial charge >= 0.3 is 17.9 Å². The lowest BCUT2D eigenvalue weighted by atomic mass is 10.1. The molecule has 1 aromatic carbocycles. The van der Waals surface area contributed by atoms with Crippen LogP contribution < -0.4 is 37.5 Å². The molecule has 0 saturated heterocycles. The monoisotopic (exact) mass is 588 g/mol. The number of carbonyl (C=O) groups excluding carboxylic acids is 2. The molecule has 0 fully saturated rings. The Balaban J connectivity index is 1.52. The van der Waals surface area contributed by atoms with Crippen LogP contribution in [0.5, 0.6) is 0 Å². The maximum atomic E-state index is 12.7. The second-order valence-corrected chi connectivity index (χ2v) is 9.55. The standard InChI is InChI=1S/C25H32N8O9/c1-33-14(11-28-20-19(33)22(38)32-25(26)31-20)10-27-13-4-2-12(3-5-13)21(37)30-16(24(41)42)6-8-17(34)29-15(23(39)40)7-9-18(35)36/h2-5,14-16,27H,6-11H2,1H3,(H,29,34)(H,30,37)(H,35,36)(H,39,40)(H,41,42)(H4,26,28,31,32,38)/t14-,15-,16-/m0/s1. The predicted molar refractivity (Wildman–Crippen MR) is 149 cm³/mol. The highest BCUT2D eigenvalue weighted by Gasteiger charge is 2.28. The molecule has 0 unspecified atom stereocenters. The SMILES string of the molecule is CN1c2c(nc(N)[nH]c2=O)NC[C@@H]1CNc1ccc(C(=O)N[C@@H](CCC(=O)N[C@@H](CCC(=O)O)C(=O)O)C(=O)O)cc1. The van der Waals surface area contributed by atoms with Crippen LogP contribution in [-0.4, -0.2) is 93.3 Å². The number of amides is 2. The average molecular weight is 589 g/mol. The van der Waals surface area contributed by atoms with Crippen molar-refractivity contribution in [1.29, 1.82) is 0 Å². The number of nitrogens with zero attached hydrogens (tertiary/aromatic N) is 2. The molecule has 2 aromatic rings. The number of carboxylic acid groups (broad SMARTS) is 3. The molecule has 2 amide bonds. The van der Waals surface area contributed by atoms with Gasteiger partial charge in [-0.15, -0.1) is 0 Å². The summed E-state index contributed by atoms with van der Waals surface area (Å²) in [6.45, 7) is 0.918. The van der Waals surface area contributed by atoms with Gasteiger partial charge in [-0.2, -0.15) is 4.98 Å². The molecular weight excluding hydrogens is 556 g/mol. The maximum Gasteiger partial charge on any atom is 0.326 e. The fraction of sp³-hybridized carbons (Fsp3) is 0.400. The Labute approximate surface area is 238 Å². The molecule has 17 heteroatoms. The number of fused-ring (bicyclic) bond motifs is 1. The molecule has 3 rings (SSSR count). The van der Waals surface area contributed by atoms with Gasteiger partial charge in [0.1, 0.15) is 17.8 Å². The fourth-order valence-electron chi connectivity index (χ4n) is 4.22. The molecule has 3 atom stereocenters. The van der Waals surface area contributed by atoms with Gasteiger partial charge in [-0.25, -0.2) is 9.59 Å². The molecule has 1 aliphatic rings. The number of nitrogen functional groups attached to an aromatic ring is 1. The van der Waals surface area contributed by atoms with Gasteiger partial charge in [-0.1, -0.05) is 0 Å². The van der Waals surface area contributed by atoms with E-state index in [-0.39, 0.29) is 36.0 Å². The van der Waals surface area contributed by atoms with E-state index in [1.807, 2.05) is 0 Å². The Hall–Kier alpha value is -5.35. The van der Waals surface area contributed by atoms with Crippen molar-refractivity contribution in [2.75, 3.05) is 41.4 Å². The number of rotatable bonds is 14. The molecule has 1 aliphatic heterocycles. The number of nitrogens with two attached hydrogens (primary N) is 1. The van der Waals surface area contributed by atoms with Gasteiger partial charge in [-0.05, 0) is 37.1 Å². The number of hydrogen-bond acceptors (Lipinski definition) is 11. The van der Waals surface area contributed by atoms with E-state index >= 15 is 0 Å². The van der Waals surface area contributed by atoms with E-state index < -0.39 is 54.6 Å². The number of anilines is 4. The van der Waals surface area contributed by atoms with Crippen LogP contribution in [-0.2, 0) is 19.2 Å². The van der Waals surface area contributed by atoms with E-state index in [1.165, 1.54) is 12.1 Å². The summed E-state index contributed by atoms with van der Waals surface area (Å²) < 4.78 is 0. The first-order chi connectivity index (χ1) is 19.8. The van der Waals surface area contributed by atoms with Gasteiger partial charge in [0, 0.05) is 44.2 Å². The zero-order valence-electron chi connectivity index (χ0n) is 22.5. The van der Waals surface area contributed by atoms with Crippen LogP contribution in [0, 0.1) is 0 Å². The topological polar surface area (TPSA) is 269 Å². The van der Waals surface area contributed by atoms with Crippen molar-refractivity contribution in [3.8, 4) is 0 Å². The zero-order chi connectivity index (χ0) is 31.0. The van der Waals surface area contributed by atoms with Crippen molar-refractivity contribution in [1.82, 2.24) is 20.6 Å². The third kappa shape index (κ3) is 8.33. The number of aliphatic carboxylic acids is 3. The number of carbonyl (C=O) groups is 5. The first-order valence-electron chi connectivity index (χ1n) is 12.8. The normalized spacial score (nSPS) is 15.4. The molecule has 10 N–H and O–H groups in total. The van der Waals surface area contributed by atoms with Gasteiger partial charge < -0.3 is 47.2 Å². The van der Waals surface area contributed by atoms with Crippen molar-refractivity contribution < 1.29 is 39.3 Å². The van der Waals surface area contributed by atoms with E-state index in [0.29, 0.717) is 30.3 Å². The lowest BCUT2D eigenvalue weighted by Crippen LogP contribution is -2.48. The fourth-order valence-corrected chi connectivity index (χ4v) is 4.22. The molecule has 0 spiro atoms. The van der Waals surface area contributed by atoms with E-state index in [0.717, 1.165) is 0 Å². The summed E-state index contributed by atoms with van der Waals surface area (Å²) in [5, 5.41) is 38.1. The molecule has 0 radical (unpaired) electrons. The number of nitrogens with one attached hydrogen (secondary N) is 5. The van der Waals surface area contributed by atoms with Gasteiger partial charge in [0.2, 0.25) is 11.9 Å². The summed E-state index contributed by atoms with van der Waals surface area (Å²) in [5.74, 6) is -5.12. The van der Waals surface area contributed by atoms with Crippen LogP contribution in [0.1, 0.15) is 36.0 Å². The van der Waals surface area contributed by atoms with Crippen LogP contribution in [0.3, 0.4) is 0 Å². The van der Waals surface area contributed by atoms with Crippen molar-refractivity contribution in [3.63, 3.8) is 0 Å². The number of aromatic amines is 1. The van der Waals surface area contributed by atoms with E-state index in [2.05, 4.69) is 31.2 Å². The minimum Gasteiger partial charge on any atom is -0.481 e. The van der Waals surface area contributed by atoms with Crippen molar-refractivity contribution >= 4 is 52.9 Å². The van der Waals surface area contributed by atoms with E-state index in [4.69, 9.17) is 15.9 Å². The minimum atomic E-state index is -1.44. The quantitative estimate of drug-likeness (QED) is 0.129. The summed E-state index contributed by atoms with van der Waals surface area (Å²) >= 11 is 0. The summed E-state index contributed by atoms with van der Waals surface area (Å²) in [5.41, 5.74) is 6.42. The van der Waals surface area contributed by atoms with Gasteiger partial charge in [0.25, 0.3) is 11.5 Å². The average Bonchev–Trinajstić information content (AvgIpc) is 2.92. The van der Waals surface area contributed by atoms with Crippen LogP contribution in [0.4, 0.5) is 23.1 Å². The first-order valence-corrected chi connectivity index (χ1v) is 12.8. The maximum absolute atomic E-state index is 12.7. The number of hydrogen-bond donors (Lipinski definition) is 9. The Morgan fingerprint density at radius 3 is 2.26 bits per heavy atom. The molecule has 2 heterocycles. The van der Waals surface area contributed by atoms with Gasteiger partial charge in [0.15, 0.2) is 5.82 Å². The molecule has 226 valence electrons. The Kier molecular flexibility index (Phi) is 10.3. The molecular formula is C25H32N8O9. The Bertz CT molecular complexity index is 1400. The summed E-state index contributed by atoms with van der Waals surface area (Å²) in [6, 6.07) is 3.22. The second kappa shape index (κ2) is 13.8. The molecule has 1 aromatic heterocycles. The summed E-state index contributed by atoms with van der Waals surface area (Å²) in [6.07, 6.45) is -1.55. The third-order valence-electron chi connectivity index (χ3n) is 6.55. The van der Waals surface area contributed by atoms with Crippen molar-refractivity contribution in [2.45, 2.75) is 43.8 Å². The number of benzene rings is 1. The highest BCUT2D eigenvalue weighted by Crippen LogP contribution is 2.25. The predicted octanol–water partition coefficient (Wildman–Crippen LogP) is -0.908. The van der Waals surface area contributed by atoms with E-state index in [1.54, 1.807) is 24.1 Å². The van der Waals surface area contributed by atoms with Gasteiger partial charge in [-0.3, -0.25) is 24.2 Å². The molecule has 17 nitrogen and oxygen atoms in total. The number of H-pyrrole nitrogens is 1. The number of carboxylic acids is 3. The highest BCUT2D eigenvalue weighted by atomic mass is 16.4. The smallest absolute Gasteiger partial charge is 0.326 e. The molecule has 0 bridgehead atoms. The third-order valence-corrected chi connectivity index (χ3v) is 6.55. The zero-order valence-corrected chi connectivity index (χ0v) is 22.5. The summed E-state index contributed by atoms with van der Waals surface area (Å²) in [7, 11) is 1.76. The van der Waals surface area contributed by atoms with Crippen LogP contribution in [0.15, 0.2) is 29.1 Å². The highest BCUT2D eigenvalue weighted by molar-refractivity contribution is 5.97. The summed E-state index contributed by atoms with van der Waals surface area (Å²) in [4.78, 5) is 79.0. The Morgan fingerprint density at radius 2 is 1.64 bits per heavy atom. The first kappa shape index (κ1) is 31.2. The lowest BCUT2D eigenvalue weighted by Gasteiger charge is -2.35. The second-order valence-electron chi connectivity index (χ2n) is 9.55. The van der Waals surface area contributed by atoms with Crippen LogP contribution in [0.25, 0.3) is 0 Å². The van der Waals surface area contributed by atoms with E-state index in [9.17, 15) is 33.9 Å². The van der Waals surface area contributed by atoms with Crippen molar-refractivity contribution in [3.05, 3.63) is 40.2 Å².